The maximum absolute atomic E-state index is 13.1. The normalized spacial score (nSPS) is 17.0. The Morgan fingerprint density at radius 3 is 2.27 bits per heavy atom. The first-order valence-electron chi connectivity index (χ1n) is 8.55. The molecule has 2 N–H and O–H groups in total. The number of benzene rings is 2. The second kappa shape index (κ2) is 9.36. The average Bonchev–Trinajstić information content (AvgIpc) is 3.21. The van der Waals surface area contributed by atoms with Gasteiger partial charge >= 0.3 is 0 Å². The molecule has 6 heteroatoms. The zero-order valence-electron chi connectivity index (χ0n) is 14.7. The lowest BCUT2D eigenvalue weighted by molar-refractivity contribution is -0.133. The molecule has 3 rings (SSSR count). The minimum Gasteiger partial charge on any atom is -0.339 e. The van der Waals surface area contributed by atoms with E-state index in [0.29, 0.717) is 5.56 Å². The number of rotatable bonds is 5. The molecular weight excluding hydrogens is 350 g/mol. The first-order valence-corrected chi connectivity index (χ1v) is 8.55. The van der Waals surface area contributed by atoms with E-state index in [2.05, 4.69) is 10.6 Å². The molecule has 1 aliphatic rings. The third-order valence-electron chi connectivity index (χ3n) is 4.62. The van der Waals surface area contributed by atoms with Gasteiger partial charge in [-0.05, 0) is 30.7 Å². The monoisotopic (exact) mass is 373 g/mol. The molecule has 2 atom stereocenters. The second-order valence-electron chi connectivity index (χ2n) is 6.28. The van der Waals surface area contributed by atoms with E-state index in [9.17, 15) is 9.59 Å². The Morgan fingerprint density at radius 1 is 1.08 bits per heavy atom. The van der Waals surface area contributed by atoms with Crippen molar-refractivity contribution in [3.05, 3.63) is 71.8 Å². The van der Waals surface area contributed by atoms with E-state index in [1.54, 1.807) is 17.0 Å². The molecular formula is C20H24ClN3O2. The second-order valence-corrected chi connectivity index (χ2v) is 6.28. The molecule has 1 fully saturated rings. The molecule has 2 unspecified atom stereocenters. The molecule has 0 bridgehead atoms. The van der Waals surface area contributed by atoms with Crippen LogP contribution in [0.1, 0.15) is 28.4 Å². The lowest BCUT2D eigenvalue weighted by Crippen LogP contribution is -2.46. The van der Waals surface area contributed by atoms with Crippen molar-refractivity contribution in [3.63, 3.8) is 0 Å². The standard InChI is InChI=1S/C20H23N3O2.ClH/c1-23(17-12-13-21-14-17)20(25)18(15-8-4-2-5-9-15)22-19(24)16-10-6-3-7-11-16;/h2-11,17-18,21H,12-14H2,1H3,(H,22,24);1H. The van der Waals surface area contributed by atoms with Gasteiger partial charge in [0.05, 0.1) is 0 Å². The average molecular weight is 374 g/mol. The Morgan fingerprint density at radius 2 is 1.69 bits per heavy atom. The van der Waals surface area contributed by atoms with Crippen LogP contribution in [0.15, 0.2) is 60.7 Å². The highest BCUT2D eigenvalue weighted by Gasteiger charge is 2.30. The first-order chi connectivity index (χ1) is 12.2. The van der Waals surface area contributed by atoms with Crippen molar-refractivity contribution in [1.29, 1.82) is 0 Å². The molecule has 0 spiro atoms. The lowest BCUT2D eigenvalue weighted by Gasteiger charge is -2.29. The van der Waals surface area contributed by atoms with Crippen LogP contribution in [0.4, 0.5) is 0 Å². The summed E-state index contributed by atoms with van der Waals surface area (Å²) in [7, 11) is 1.81. The van der Waals surface area contributed by atoms with Crippen LogP contribution in [0.25, 0.3) is 0 Å². The maximum atomic E-state index is 13.1. The van der Waals surface area contributed by atoms with Crippen molar-refractivity contribution < 1.29 is 9.59 Å². The summed E-state index contributed by atoms with van der Waals surface area (Å²) in [5.41, 5.74) is 1.33. The van der Waals surface area contributed by atoms with Crippen LogP contribution in [0, 0.1) is 0 Å². The molecule has 0 saturated carbocycles. The highest BCUT2D eigenvalue weighted by Crippen LogP contribution is 2.19. The van der Waals surface area contributed by atoms with Crippen LogP contribution < -0.4 is 10.6 Å². The number of nitrogens with zero attached hydrogens (tertiary/aromatic N) is 1. The summed E-state index contributed by atoms with van der Waals surface area (Å²) in [5, 5.41) is 6.18. The predicted octanol–water partition coefficient (Wildman–Crippen LogP) is 2.40. The lowest BCUT2D eigenvalue weighted by atomic mass is 10.0. The molecule has 0 aliphatic carbocycles. The van der Waals surface area contributed by atoms with Gasteiger partial charge in [-0.3, -0.25) is 9.59 Å². The first kappa shape index (κ1) is 19.9. The molecule has 138 valence electrons. The van der Waals surface area contributed by atoms with E-state index in [1.165, 1.54) is 0 Å². The fourth-order valence-corrected chi connectivity index (χ4v) is 3.09. The molecule has 2 amide bonds. The zero-order chi connectivity index (χ0) is 17.6. The van der Waals surface area contributed by atoms with Gasteiger partial charge in [0.25, 0.3) is 5.91 Å². The van der Waals surface area contributed by atoms with Gasteiger partial charge in [-0.1, -0.05) is 48.5 Å². The minimum atomic E-state index is -0.695. The topological polar surface area (TPSA) is 61.4 Å². The highest BCUT2D eigenvalue weighted by molar-refractivity contribution is 5.97. The van der Waals surface area contributed by atoms with E-state index >= 15 is 0 Å². The van der Waals surface area contributed by atoms with Crippen LogP contribution in [-0.2, 0) is 4.79 Å². The number of carbonyl (C=O) groups is 2. The van der Waals surface area contributed by atoms with Crippen molar-refractivity contribution in [2.24, 2.45) is 0 Å². The minimum absolute atomic E-state index is 0. The molecule has 0 aromatic heterocycles. The molecule has 0 radical (unpaired) electrons. The summed E-state index contributed by atoms with van der Waals surface area (Å²) in [6.45, 7) is 1.70. The van der Waals surface area contributed by atoms with Crippen LogP contribution in [0.3, 0.4) is 0 Å². The summed E-state index contributed by atoms with van der Waals surface area (Å²) in [6, 6.07) is 17.8. The van der Waals surface area contributed by atoms with E-state index < -0.39 is 6.04 Å². The fraction of sp³-hybridized carbons (Fsp3) is 0.300. The SMILES string of the molecule is CN(C(=O)C(NC(=O)c1ccccc1)c1ccccc1)C1CCNC1.Cl. The van der Waals surface area contributed by atoms with Gasteiger partial charge in [-0.15, -0.1) is 12.4 Å². The summed E-state index contributed by atoms with van der Waals surface area (Å²) in [4.78, 5) is 27.4. The van der Waals surface area contributed by atoms with Gasteiger partial charge in [0.15, 0.2) is 0 Å². The van der Waals surface area contributed by atoms with Gasteiger partial charge in [0.1, 0.15) is 6.04 Å². The van der Waals surface area contributed by atoms with Crippen molar-refractivity contribution in [2.45, 2.75) is 18.5 Å². The summed E-state index contributed by atoms with van der Waals surface area (Å²) < 4.78 is 0. The van der Waals surface area contributed by atoms with Crippen LogP contribution in [-0.4, -0.2) is 42.9 Å². The summed E-state index contributed by atoms with van der Waals surface area (Å²) >= 11 is 0. The van der Waals surface area contributed by atoms with Crippen LogP contribution in [0.2, 0.25) is 0 Å². The van der Waals surface area contributed by atoms with E-state index in [1.807, 2.05) is 55.6 Å². The molecule has 1 heterocycles. The number of hydrogen-bond donors (Lipinski definition) is 2. The number of carbonyl (C=O) groups excluding carboxylic acids is 2. The van der Waals surface area contributed by atoms with Crippen LogP contribution >= 0.6 is 12.4 Å². The van der Waals surface area contributed by atoms with E-state index in [0.717, 1.165) is 25.1 Å². The van der Waals surface area contributed by atoms with Crippen LogP contribution in [0.5, 0.6) is 0 Å². The summed E-state index contributed by atoms with van der Waals surface area (Å²) in [5.74, 6) is -0.343. The van der Waals surface area contributed by atoms with Gasteiger partial charge in [-0.2, -0.15) is 0 Å². The van der Waals surface area contributed by atoms with E-state index in [-0.39, 0.29) is 30.3 Å². The quantitative estimate of drug-likeness (QED) is 0.846. The van der Waals surface area contributed by atoms with Gasteiger partial charge < -0.3 is 15.5 Å². The third kappa shape index (κ3) is 4.62. The number of nitrogens with one attached hydrogen (secondary N) is 2. The smallest absolute Gasteiger partial charge is 0.252 e. The molecule has 2 aromatic rings. The number of amides is 2. The Hall–Kier alpha value is -2.37. The van der Waals surface area contributed by atoms with Crippen molar-refractivity contribution >= 4 is 24.2 Å². The fourth-order valence-electron chi connectivity index (χ4n) is 3.09. The van der Waals surface area contributed by atoms with Crippen molar-refractivity contribution in [3.8, 4) is 0 Å². The Bertz CT molecular complexity index is 718. The zero-order valence-corrected chi connectivity index (χ0v) is 15.5. The number of halogens is 1. The predicted molar refractivity (Wildman–Crippen MR) is 104 cm³/mol. The molecule has 2 aromatic carbocycles. The third-order valence-corrected chi connectivity index (χ3v) is 4.62. The van der Waals surface area contributed by atoms with Gasteiger partial charge in [0, 0.05) is 25.2 Å². The van der Waals surface area contributed by atoms with E-state index in [4.69, 9.17) is 0 Å². The molecule has 1 saturated heterocycles. The molecule has 1 aliphatic heterocycles. The molecule has 5 nitrogen and oxygen atoms in total. The van der Waals surface area contributed by atoms with Crippen molar-refractivity contribution in [1.82, 2.24) is 15.5 Å². The van der Waals surface area contributed by atoms with Gasteiger partial charge in [-0.25, -0.2) is 0 Å². The van der Waals surface area contributed by atoms with Gasteiger partial charge in [0.2, 0.25) is 5.91 Å². The Balaban J connectivity index is 0.00000243. The summed E-state index contributed by atoms with van der Waals surface area (Å²) in [6.07, 6.45) is 0.927. The number of likely N-dealkylation sites (N-methyl/N-ethyl adjacent to an activating group) is 1. The Labute approximate surface area is 160 Å². The highest BCUT2D eigenvalue weighted by atomic mass is 35.5. The largest absolute Gasteiger partial charge is 0.339 e. The Kier molecular flexibility index (Phi) is 7.18. The molecule has 26 heavy (non-hydrogen) atoms. The van der Waals surface area contributed by atoms with Crippen molar-refractivity contribution in [2.75, 3.05) is 20.1 Å². The maximum Gasteiger partial charge on any atom is 0.252 e. The number of hydrogen-bond acceptors (Lipinski definition) is 3.